The number of hydrogen-bond acceptors (Lipinski definition) is 1. The molecular formula is C16H14FNO. The molecule has 1 aliphatic heterocycles. The summed E-state index contributed by atoms with van der Waals surface area (Å²) in [5, 5.41) is 2.81. The van der Waals surface area contributed by atoms with Crippen LogP contribution in [-0.2, 0) is 19.4 Å². The summed E-state index contributed by atoms with van der Waals surface area (Å²) >= 11 is 0. The fraction of sp³-hybridized carbons (Fsp3) is 0.188. The molecule has 2 nitrogen and oxygen atoms in total. The highest BCUT2D eigenvalue weighted by Gasteiger charge is 2.18. The Hall–Kier alpha value is -2.16. The number of rotatable bonds is 3. The molecule has 0 saturated heterocycles. The Kier molecular flexibility index (Phi) is 3.03. The zero-order valence-corrected chi connectivity index (χ0v) is 10.4. The smallest absolute Gasteiger partial charge is 0.251 e. The molecule has 0 fully saturated rings. The van der Waals surface area contributed by atoms with E-state index in [0.717, 1.165) is 35.1 Å². The zero-order valence-electron chi connectivity index (χ0n) is 10.4. The van der Waals surface area contributed by atoms with Crippen molar-refractivity contribution in [2.24, 2.45) is 0 Å². The predicted octanol–water partition coefficient (Wildman–Crippen LogP) is 2.85. The fourth-order valence-corrected chi connectivity index (χ4v) is 2.36. The normalized spacial score (nSPS) is 13.2. The highest BCUT2D eigenvalue weighted by molar-refractivity contribution is 5.98. The molecule has 1 aliphatic rings. The Bertz CT molecular complexity index is 619. The first-order valence-corrected chi connectivity index (χ1v) is 6.37. The van der Waals surface area contributed by atoms with Gasteiger partial charge in [-0.1, -0.05) is 24.3 Å². The van der Waals surface area contributed by atoms with Gasteiger partial charge in [-0.05, 0) is 47.7 Å². The monoisotopic (exact) mass is 255 g/mol. The van der Waals surface area contributed by atoms with Gasteiger partial charge >= 0.3 is 0 Å². The Morgan fingerprint density at radius 2 is 1.68 bits per heavy atom. The van der Waals surface area contributed by atoms with Gasteiger partial charge in [-0.15, -0.1) is 0 Å². The van der Waals surface area contributed by atoms with Crippen molar-refractivity contribution in [1.29, 1.82) is 0 Å². The van der Waals surface area contributed by atoms with E-state index in [1.165, 1.54) is 12.1 Å². The van der Waals surface area contributed by atoms with Gasteiger partial charge in [-0.25, -0.2) is 4.39 Å². The molecule has 2 aromatic rings. The van der Waals surface area contributed by atoms with Crippen LogP contribution in [0.5, 0.6) is 0 Å². The molecule has 0 aromatic heterocycles. The number of benzene rings is 2. The maximum absolute atomic E-state index is 12.8. The molecule has 0 unspecified atom stereocenters. The van der Waals surface area contributed by atoms with Crippen molar-refractivity contribution in [2.75, 3.05) is 0 Å². The van der Waals surface area contributed by atoms with Crippen molar-refractivity contribution < 1.29 is 9.18 Å². The van der Waals surface area contributed by atoms with Crippen molar-refractivity contribution >= 4 is 5.91 Å². The minimum absolute atomic E-state index is 0.0126. The van der Waals surface area contributed by atoms with Gasteiger partial charge in [0.15, 0.2) is 0 Å². The standard InChI is InChI=1S/C16H14FNO/c17-14-7-4-11(5-8-14)1-2-12-3-6-13-10-18-16(19)15(13)9-12/h3-9H,1-2,10H2,(H,18,19). The van der Waals surface area contributed by atoms with Crippen molar-refractivity contribution in [3.63, 3.8) is 0 Å². The van der Waals surface area contributed by atoms with Crippen molar-refractivity contribution in [2.45, 2.75) is 19.4 Å². The lowest BCUT2D eigenvalue weighted by Gasteiger charge is -2.04. The van der Waals surface area contributed by atoms with E-state index in [-0.39, 0.29) is 11.7 Å². The number of carbonyl (C=O) groups is 1. The summed E-state index contributed by atoms with van der Waals surface area (Å²) in [5.41, 5.74) is 4.10. The Labute approximate surface area is 111 Å². The first-order chi connectivity index (χ1) is 9.22. The Balaban J connectivity index is 1.72. The topological polar surface area (TPSA) is 29.1 Å². The molecule has 1 N–H and O–H groups in total. The maximum atomic E-state index is 12.8. The summed E-state index contributed by atoms with van der Waals surface area (Å²) in [6, 6.07) is 12.6. The van der Waals surface area contributed by atoms with E-state index in [4.69, 9.17) is 0 Å². The van der Waals surface area contributed by atoms with Crippen LogP contribution >= 0.6 is 0 Å². The van der Waals surface area contributed by atoms with Gasteiger partial charge in [0.05, 0.1) is 0 Å². The van der Waals surface area contributed by atoms with E-state index >= 15 is 0 Å². The van der Waals surface area contributed by atoms with Crippen LogP contribution < -0.4 is 5.32 Å². The maximum Gasteiger partial charge on any atom is 0.251 e. The van der Waals surface area contributed by atoms with Crippen LogP contribution in [0, 0.1) is 5.82 Å². The van der Waals surface area contributed by atoms with E-state index in [9.17, 15) is 9.18 Å². The lowest BCUT2D eigenvalue weighted by atomic mass is 10.0. The molecule has 1 heterocycles. The van der Waals surface area contributed by atoms with Crippen LogP contribution in [0.3, 0.4) is 0 Å². The first kappa shape index (κ1) is 11.9. The first-order valence-electron chi connectivity index (χ1n) is 6.37. The molecule has 2 aromatic carbocycles. The zero-order chi connectivity index (χ0) is 13.2. The van der Waals surface area contributed by atoms with Crippen LogP contribution in [0.15, 0.2) is 42.5 Å². The molecule has 0 radical (unpaired) electrons. The third kappa shape index (κ3) is 2.50. The van der Waals surface area contributed by atoms with Gasteiger partial charge in [0.25, 0.3) is 5.91 Å². The number of carbonyl (C=O) groups excluding carboxylic acids is 1. The van der Waals surface area contributed by atoms with E-state index in [0.29, 0.717) is 6.54 Å². The minimum atomic E-state index is -0.210. The number of amides is 1. The molecule has 1 amide bonds. The summed E-state index contributed by atoms with van der Waals surface area (Å²) in [7, 11) is 0. The van der Waals surface area contributed by atoms with Crippen LogP contribution in [-0.4, -0.2) is 5.91 Å². The number of halogens is 1. The number of nitrogens with one attached hydrogen (secondary N) is 1. The van der Waals surface area contributed by atoms with Crippen molar-refractivity contribution in [1.82, 2.24) is 5.32 Å². The van der Waals surface area contributed by atoms with E-state index in [1.54, 1.807) is 12.1 Å². The average molecular weight is 255 g/mol. The Morgan fingerprint density at radius 3 is 2.47 bits per heavy atom. The molecular weight excluding hydrogens is 241 g/mol. The Morgan fingerprint density at radius 1 is 1.00 bits per heavy atom. The third-order valence-electron chi connectivity index (χ3n) is 3.47. The molecule has 0 atom stereocenters. The molecule has 0 spiro atoms. The fourth-order valence-electron chi connectivity index (χ4n) is 2.36. The summed E-state index contributed by atoms with van der Waals surface area (Å²) in [6.07, 6.45) is 1.70. The highest BCUT2D eigenvalue weighted by Crippen LogP contribution is 2.18. The average Bonchev–Trinajstić information content (AvgIpc) is 2.80. The third-order valence-corrected chi connectivity index (χ3v) is 3.47. The second kappa shape index (κ2) is 4.84. The molecule has 96 valence electrons. The lowest BCUT2D eigenvalue weighted by molar-refractivity contribution is 0.0965. The largest absolute Gasteiger partial charge is 0.348 e. The van der Waals surface area contributed by atoms with Gasteiger partial charge < -0.3 is 5.32 Å². The second-order valence-electron chi connectivity index (χ2n) is 4.80. The number of hydrogen-bond donors (Lipinski definition) is 1. The van der Waals surface area contributed by atoms with Crippen molar-refractivity contribution in [3.8, 4) is 0 Å². The van der Waals surface area contributed by atoms with Gasteiger partial charge in [0, 0.05) is 12.1 Å². The molecule has 0 saturated carbocycles. The highest BCUT2D eigenvalue weighted by atomic mass is 19.1. The summed E-state index contributed by atoms with van der Waals surface area (Å²) in [5.74, 6) is -0.198. The van der Waals surface area contributed by atoms with Crippen LogP contribution in [0.4, 0.5) is 4.39 Å². The van der Waals surface area contributed by atoms with Crippen LogP contribution in [0.25, 0.3) is 0 Å². The molecule has 3 rings (SSSR count). The molecule has 19 heavy (non-hydrogen) atoms. The SMILES string of the molecule is O=C1NCc2ccc(CCc3ccc(F)cc3)cc21. The minimum Gasteiger partial charge on any atom is -0.348 e. The van der Waals surface area contributed by atoms with Gasteiger partial charge in [0.1, 0.15) is 5.82 Å². The van der Waals surface area contributed by atoms with Gasteiger partial charge in [-0.2, -0.15) is 0 Å². The van der Waals surface area contributed by atoms with E-state index < -0.39 is 0 Å². The molecule has 0 aliphatic carbocycles. The second-order valence-corrected chi connectivity index (χ2v) is 4.80. The summed E-state index contributed by atoms with van der Waals surface area (Å²) < 4.78 is 12.8. The number of fused-ring (bicyclic) bond motifs is 1. The van der Waals surface area contributed by atoms with Crippen molar-refractivity contribution in [3.05, 3.63) is 70.5 Å². The van der Waals surface area contributed by atoms with E-state index in [2.05, 4.69) is 11.4 Å². The predicted molar refractivity (Wildman–Crippen MR) is 71.4 cm³/mol. The van der Waals surface area contributed by atoms with E-state index in [1.807, 2.05) is 12.1 Å². The summed E-state index contributed by atoms with van der Waals surface area (Å²) in [4.78, 5) is 11.6. The van der Waals surface area contributed by atoms with Gasteiger partial charge in [-0.3, -0.25) is 4.79 Å². The lowest BCUT2D eigenvalue weighted by Crippen LogP contribution is -2.12. The molecule has 0 bridgehead atoms. The van der Waals surface area contributed by atoms with Gasteiger partial charge in [0.2, 0.25) is 0 Å². The number of aryl methyl sites for hydroxylation is 2. The summed E-state index contributed by atoms with van der Waals surface area (Å²) in [6.45, 7) is 0.631. The van der Waals surface area contributed by atoms with Crippen LogP contribution in [0.1, 0.15) is 27.0 Å². The van der Waals surface area contributed by atoms with Crippen LogP contribution in [0.2, 0.25) is 0 Å². The molecule has 3 heteroatoms. The quantitative estimate of drug-likeness (QED) is 0.897.